The van der Waals surface area contributed by atoms with Crippen LogP contribution in [0.3, 0.4) is 0 Å². The van der Waals surface area contributed by atoms with Crippen molar-refractivity contribution in [2.75, 3.05) is 11.9 Å². The fourth-order valence-corrected chi connectivity index (χ4v) is 0.761. The zero-order chi connectivity index (χ0) is 9.03. The molecule has 0 unspecified atom stereocenters. The molecule has 0 aliphatic rings. The maximum absolute atomic E-state index is 5.54. The first-order valence-corrected chi connectivity index (χ1v) is 3.88. The number of nitrogens with two attached hydrogens (primary N) is 1. The Hall–Kier alpha value is -1.16. The molecule has 0 aliphatic heterocycles. The van der Waals surface area contributed by atoms with E-state index >= 15 is 0 Å². The summed E-state index contributed by atoms with van der Waals surface area (Å²) in [6.45, 7) is 4.59. The summed E-state index contributed by atoms with van der Waals surface area (Å²) in [6.07, 6.45) is 4.97. The highest BCUT2D eigenvalue weighted by molar-refractivity contribution is 5.33. The molecular weight excluding hydrogens is 152 g/mol. The molecule has 0 fully saturated rings. The lowest BCUT2D eigenvalue weighted by atomic mass is 10.1. The van der Waals surface area contributed by atoms with Crippen LogP contribution in [-0.2, 0) is 0 Å². The zero-order valence-corrected chi connectivity index (χ0v) is 7.41. The second kappa shape index (κ2) is 3.49. The molecule has 4 nitrogen and oxygen atoms in total. The molecule has 0 radical (unpaired) electrons. The molecule has 12 heavy (non-hydrogen) atoms. The van der Waals surface area contributed by atoms with E-state index in [0.717, 1.165) is 5.82 Å². The fourth-order valence-electron chi connectivity index (χ4n) is 0.761. The SMILES string of the molecule is CC(C)(CN)Nc1cnccn1. The first kappa shape index (κ1) is 8.93. The Labute approximate surface area is 72.2 Å². The van der Waals surface area contributed by atoms with Gasteiger partial charge in [-0.25, -0.2) is 4.98 Å². The van der Waals surface area contributed by atoms with Crippen LogP contribution >= 0.6 is 0 Å². The Morgan fingerprint density at radius 3 is 2.75 bits per heavy atom. The quantitative estimate of drug-likeness (QED) is 0.691. The molecule has 1 aromatic heterocycles. The van der Waals surface area contributed by atoms with Crippen molar-refractivity contribution in [1.29, 1.82) is 0 Å². The molecule has 0 aromatic carbocycles. The third-order valence-corrected chi connectivity index (χ3v) is 1.54. The van der Waals surface area contributed by atoms with Crippen molar-refractivity contribution in [1.82, 2.24) is 9.97 Å². The summed E-state index contributed by atoms with van der Waals surface area (Å²) >= 11 is 0. The molecule has 66 valence electrons. The van der Waals surface area contributed by atoms with Crippen LogP contribution in [0.5, 0.6) is 0 Å². The van der Waals surface area contributed by atoms with Crippen molar-refractivity contribution >= 4 is 5.82 Å². The van der Waals surface area contributed by atoms with Gasteiger partial charge in [0.2, 0.25) is 0 Å². The van der Waals surface area contributed by atoms with Gasteiger partial charge in [-0.2, -0.15) is 0 Å². The molecule has 1 heterocycles. The standard InChI is InChI=1S/C8H14N4/c1-8(2,6-9)12-7-5-10-3-4-11-7/h3-5H,6,9H2,1-2H3,(H,11,12). The van der Waals surface area contributed by atoms with Gasteiger partial charge < -0.3 is 11.1 Å². The molecule has 0 atom stereocenters. The highest BCUT2D eigenvalue weighted by Crippen LogP contribution is 2.08. The third kappa shape index (κ3) is 2.47. The first-order valence-electron chi connectivity index (χ1n) is 3.88. The second-order valence-electron chi connectivity index (χ2n) is 3.30. The minimum absolute atomic E-state index is 0.129. The lowest BCUT2D eigenvalue weighted by Crippen LogP contribution is -2.39. The van der Waals surface area contributed by atoms with Crippen LogP contribution in [0.15, 0.2) is 18.6 Å². The molecule has 4 heteroatoms. The van der Waals surface area contributed by atoms with Gasteiger partial charge in [-0.15, -0.1) is 0 Å². The van der Waals surface area contributed by atoms with E-state index < -0.39 is 0 Å². The largest absolute Gasteiger partial charge is 0.363 e. The lowest BCUT2D eigenvalue weighted by molar-refractivity contribution is 0.577. The fraction of sp³-hybridized carbons (Fsp3) is 0.500. The number of hydrogen-bond donors (Lipinski definition) is 2. The molecule has 0 aliphatic carbocycles. The first-order chi connectivity index (χ1) is 5.64. The predicted octanol–water partition coefficient (Wildman–Crippen LogP) is 0.626. The number of hydrogen-bond acceptors (Lipinski definition) is 4. The van der Waals surface area contributed by atoms with E-state index in [1.54, 1.807) is 18.6 Å². The summed E-state index contributed by atoms with van der Waals surface area (Å²) in [5, 5.41) is 3.17. The maximum Gasteiger partial charge on any atom is 0.144 e. The van der Waals surface area contributed by atoms with Crippen molar-refractivity contribution in [2.45, 2.75) is 19.4 Å². The number of rotatable bonds is 3. The van der Waals surface area contributed by atoms with Gasteiger partial charge in [-0.1, -0.05) is 0 Å². The zero-order valence-electron chi connectivity index (χ0n) is 7.41. The van der Waals surface area contributed by atoms with Gasteiger partial charge in [0.15, 0.2) is 0 Å². The lowest BCUT2D eigenvalue weighted by Gasteiger charge is -2.24. The van der Waals surface area contributed by atoms with Crippen LogP contribution in [0, 0.1) is 0 Å². The summed E-state index contributed by atoms with van der Waals surface area (Å²) in [4.78, 5) is 8.02. The maximum atomic E-state index is 5.54. The van der Waals surface area contributed by atoms with Gasteiger partial charge in [0.1, 0.15) is 5.82 Å². The molecule has 0 amide bonds. The van der Waals surface area contributed by atoms with E-state index in [4.69, 9.17) is 5.73 Å². The van der Waals surface area contributed by atoms with Crippen molar-refractivity contribution in [3.05, 3.63) is 18.6 Å². The van der Waals surface area contributed by atoms with E-state index in [1.807, 2.05) is 13.8 Å². The van der Waals surface area contributed by atoms with Gasteiger partial charge in [0.25, 0.3) is 0 Å². The van der Waals surface area contributed by atoms with Crippen molar-refractivity contribution in [2.24, 2.45) is 5.73 Å². The average molecular weight is 166 g/mol. The molecule has 0 spiro atoms. The van der Waals surface area contributed by atoms with Crippen LogP contribution in [0.2, 0.25) is 0 Å². The van der Waals surface area contributed by atoms with Crippen molar-refractivity contribution in [3.63, 3.8) is 0 Å². The molecule has 1 rings (SSSR count). The Morgan fingerprint density at radius 1 is 1.50 bits per heavy atom. The highest BCUT2D eigenvalue weighted by atomic mass is 15.1. The third-order valence-electron chi connectivity index (χ3n) is 1.54. The van der Waals surface area contributed by atoms with E-state index in [1.165, 1.54) is 0 Å². The van der Waals surface area contributed by atoms with Gasteiger partial charge in [-0.3, -0.25) is 4.98 Å². The van der Waals surface area contributed by atoms with E-state index in [2.05, 4.69) is 15.3 Å². The number of nitrogens with zero attached hydrogens (tertiary/aromatic N) is 2. The Bertz CT molecular complexity index is 232. The monoisotopic (exact) mass is 166 g/mol. The summed E-state index contributed by atoms with van der Waals surface area (Å²) in [6, 6.07) is 0. The van der Waals surface area contributed by atoms with Gasteiger partial charge in [-0.05, 0) is 13.8 Å². The van der Waals surface area contributed by atoms with Gasteiger partial charge in [0, 0.05) is 24.5 Å². The van der Waals surface area contributed by atoms with E-state index in [-0.39, 0.29) is 5.54 Å². The van der Waals surface area contributed by atoms with Crippen LogP contribution in [0.4, 0.5) is 5.82 Å². The normalized spacial score (nSPS) is 11.2. The van der Waals surface area contributed by atoms with Crippen LogP contribution in [0.25, 0.3) is 0 Å². The molecule has 0 saturated carbocycles. The van der Waals surface area contributed by atoms with E-state index in [9.17, 15) is 0 Å². The van der Waals surface area contributed by atoms with Crippen LogP contribution in [0.1, 0.15) is 13.8 Å². The second-order valence-corrected chi connectivity index (χ2v) is 3.30. The average Bonchev–Trinajstić information content (AvgIpc) is 2.06. The van der Waals surface area contributed by atoms with E-state index in [0.29, 0.717) is 6.54 Å². The smallest absolute Gasteiger partial charge is 0.144 e. The summed E-state index contributed by atoms with van der Waals surface area (Å²) in [5.74, 6) is 0.757. The number of anilines is 1. The predicted molar refractivity (Wildman–Crippen MR) is 48.8 cm³/mol. The van der Waals surface area contributed by atoms with Crippen LogP contribution < -0.4 is 11.1 Å². The summed E-state index contributed by atoms with van der Waals surface area (Å²) < 4.78 is 0. The minimum Gasteiger partial charge on any atom is -0.363 e. The molecule has 3 N–H and O–H groups in total. The topological polar surface area (TPSA) is 63.8 Å². The summed E-state index contributed by atoms with van der Waals surface area (Å²) in [7, 11) is 0. The minimum atomic E-state index is -0.129. The van der Waals surface area contributed by atoms with Crippen molar-refractivity contribution < 1.29 is 0 Å². The molecule has 0 bridgehead atoms. The molecular formula is C8H14N4. The number of nitrogens with one attached hydrogen (secondary N) is 1. The molecule has 1 aromatic rings. The Balaban J connectivity index is 2.64. The van der Waals surface area contributed by atoms with Gasteiger partial charge in [0.05, 0.1) is 6.20 Å². The number of aromatic nitrogens is 2. The molecule has 0 saturated heterocycles. The Kier molecular flexibility index (Phi) is 2.60. The van der Waals surface area contributed by atoms with Crippen LogP contribution in [-0.4, -0.2) is 22.1 Å². The van der Waals surface area contributed by atoms with Crippen molar-refractivity contribution in [3.8, 4) is 0 Å². The van der Waals surface area contributed by atoms with Gasteiger partial charge >= 0.3 is 0 Å². The Morgan fingerprint density at radius 2 is 2.25 bits per heavy atom. The summed E-state index contributed by atoms with van der Waals surface area (Å²) in [5.41, 5.74) is 5.41. The highest BCUT2D eigenvalue weighted by Gasteiger charge is 2.14.